The molecule has 0 aromatic carbocycles. The second-order valence-electron chi connectivity index (χ2n) is 7.51. The zero-order valence-electron chi connectivity index (χ0n) is 15.2. The van der Waals surface area contributed by atoms with Gasteiger partial charge in [0.05, 0.1) is 6.04 Å². The Morgan fingerprint density at radius 3 is 1.87 bits per heavy atom. The maximum Gasteiger partial charge on any atom is 0.329 e. The summed E-state index contributed by atoms with van der Waals surface area (Å²) in [4.78, 5) is 35.7. The number of nitrogens with one attached hydrogen (secondary N) is 1. The number of hydrogen-bond acceptors (Lipinski definition) is 6. The van der Waals surface area contributed by atoms with E-state index < -0.39 is 41.1 Å². The van der Waals surface area contributed by atoms with Crippen molar-refractivity contribution >= 4 is 17.8 Å². The number of nitrogens with two attached hydrogens (primary N) is 1. The molecule has 0 bridgehead atoms. The first kappa shape index (κ1) is 21.4. The molecule has 0 rings (SSSR count). The highest BCUT2D eigenvalue weighted by Crippen LogP contribution is 2.13. The van der Waals surface area contributed by atoms with Crippen LogP contribution in [-0.2, 0) is 23.9 Å². The number of rotatable bonds is 6. The van der Waals surface area contributed by atoms with Gasteiger partial charge in [-0.3, -0.25) is 9.59 Å². The van der Waals surface area contributed by atoms with Crippen molar-refractivity contribution in [3.8, 4) is 0 Å². The first-order chi connectivity index (χ1) is 10.2. The molecule has 3 N–H and O–H groups in total. The van der Waals surface area contributed by atoms with E-state index in [-0.39, 0.29) is 12.8 Å². The summed E-state index contributed by atoms with van der Waals surface area (Å²) in [5.41, 5.74) is 4.20. The van der Waals surface area contributed by atoms with E-state index in [2.05, 4.69) is 5.32 Å². The molecule has 0 spiro atoms. The van der Waals surface area contributed by atoms with Gasteiger partial charge in [0.2, 0.25) is 5.91 Å². The normalized spacial score (nSPS) is 14.6. The zero-order valence-corrected chi connectivity index (χ0v) is 15.2. The third kappa shape index (κ3) is 10.7. The third-order valence-corrected chi connectivity index (χ3v) is 2.48. The number of hydrogen-bond donors (Lipinski definition) is 2. The van der Waals surface area contributed by atoms with E-state index in [9.17, 15) is 14.4 Å². The lowest BCUT2D eigenvalue weighted by Gasteiger charge is -2.25. The molecule has 23 heavy (non-hydrogen) atoms. The molecule has 0 aliphatic rings. The van der Waals surface area contributed by atoms with E-state index in [0.29, 0.717) is 0 Å². The lowest BCUT2D eigenvalue weighted by atomic mass is 10.1. The molecule has 0 aromatic heterocycles. The van der Waals surface area contributed by atoms with Crippen LogP contribution >= 0.6 is 0 Å². The van der Waals surface area contributed by atoms with Crippen molar-refractivity contribution in [3.63, 3.8) is 0 Å². The second kappa shape index (κ2) is 8.29. The average Bonchev–Trinajstić information content (AvgIpc) is 2.29. The van der Waals surface area contributed by atoms with Crippen LogP contribution in [-0.4, -0.2) is 41.1 Å². The predicted octanol–water partition coefficient (Wildman–Crippen LogP) is 1.28. The molecule has 0 aliphatic heterocycles. The summed E-state index contributed by atoms with van der Waals surface area (Å²) in [6, 6.07) is -1.71. The molecule has 0 radical (unpaired) electrons. The van der Waals surface area contributed by atoms with Crippen molar-refractivity contribution in [3.05, 3.63) is 0 Å². The van der Waals surface area contributed by atoms with E-state index in [4.69, 9.17) is 15.2 Å². The summed E-state index contributed by atoms with van der Waals surface area (Å²) in [6.45, 7) is 12.0. The fraction of sp³-hybridized carbons (Fsp3) is 0.812. The quantitative estimate of drug-likeness (QED) is 0.710. The molecule has 7 heteroatoms. The summed E-state index contributed by atoms with van der Waals surface area (Å²) in [7, 11) is 0. The largest absolute Gasteiger partial charge is 0.460 e. The monoisotopic (exact) mass is 330 g/mol. The number of carbonyl (C=O) groups is 3. The van der Waals surface area contributed by atoms with Crippen molar-refractivity contribution in [1.29, 1.82) is 0 Å². The Morgan fingerprint density at radius 2 is 1.48 bits per heavy atom. The van der Waals surface area contributed by atoms with Gasteiger partial charge in [0.15, 0.2) is 0 Å². The van der Waals surface area contributed by atoms with Gasteiger partial charge in [-0.15, -0.1) is 0 Å². The van der Waals surface area contributed by atoms with Crippen LogP contribution in [0.4, 0.5) is 0 Å². The molecular formula is C16H30N2O5. The first-order valence-electron chi connectivity index (χ1n) is 7.72. The number of carbonyl (C=O) groups excluding carboxylic acids is 3. The SMILES string of the molecule is CC(N)C(=O)NC(CCC(=O)OC(C)(C)C)C(=O)OC(C)(C)C. The molecule has 2 atom stereocenters. The number of amides is 1. The molecular weight excluding hydrogens is 300 g/mol. The maximum absolute atomic E-state index is 12.2. The lowest BCUT2D eigenvalue weighted by molar-refractivity contribution is -0.160. The Kier molecular flexibility index (Phi) is 7.70. The van der Waals surface area contributed by atoms with Gasteiger partial charge in [0.1, 0.15) is 17.2 Å². The van der Waals surface area contributed by atoms with Gasteiger partial charge in [-0.25, -0.2) is 4.79 Å². The number of esters is 2. The molecule has 2 unspecified atom stereocenters. The Morgan fingerprint density at radius 1 is 1.00 bits per heavy atom. The molecule has 0 aliphatic carbocycles. The molecule has 134 valence electrons. The average molecular weight is 330 g/mol. The van der Waals surface area contributed by atoms with Crippen LogP contribution in [0.3, 0.4) is 0 Å². The van der Waals surface area contributed by atoms with Crippen LogP contribution in [0.1, 0.15) is 61.3 Å². The van der Waals surface area contributed by atoms with Crippen molar-refractivity contribution in [2.75, 3.05) is 0 Å². The molecule has 0 saturated carbocycles. The standard InChI is InChI=1S/C16H30N2O5/c1-10(17)13(20)18-11(14(21)23-16(5,6)7)8-9-12(19)22-15(2,3)4/h10-11H,8-9,17H2,1-7H3,(H,18,20). The van der Waals surface area contributed by atoms with Crippen LogP contribution < -0.4 is 11.1 Å². The minimum absolute atomic E-state index is 0.0135. The molecule has 1 amide bonds. The fourth-order valence-corrected chi connectivity index (χ4v) is 1.58. The van der Waals surface area contributed by atoms with Gasteiger partial charge in [-0.1, -0.05) is 0 Å². The van der Waals surface area contributed by atoms with E-state index in [1.807, 2.05) is 0 Å². The lowest BCUT2D eigenvalue weighted by Crippen LogP contribution is -2.49. The zero-order chi connectivity index (χ0) is 18.4. The molecule has 0 heterocycles. The summed E-state index contributed by atoms with van der Waals surface area (Å²) in [5.74, 6) is -1.53. The maximum atomic E-state index is 12.2. The molecule has 0 saturated heterocycles. The van der Waals surface area contributed by atoms with E-state index in [1.54, 1.807) is 41.5 Å². The third-order valence-electron chi connectivity index (χ3n) is 2.48. The van der Waals surface area contributed by atoms with Gasteiger partial charge in [0, 0.05) is 6.42 Å². The highest BCUT2D eigenvalue weighted by Gasteiger charge is 2.28. The Balaban J connectivity index is 4.82. The van der Waals surface area contributed by atoms with Gasteiger partial charge >= 0.3 is 11.9 Å². The highest BCUT2D eigenvalue weighted by atomic mass is 16.6. The van der Waals surface area contributed by atoms with Gasteiger partial charge in [-0.05, 0) is 54.9 Å². The van der Waals surface area contributed by atoms with Crippen molar-refractivity contribution in [2.24, 2.45) is 5.73 Å². The Hall–Kier alpha value is -1.63. The van der Waals surface area contributed by atoms with Crippen molar-refractivity contribution in [1.82, 2.24) is 5.32 Å². The second-order valence-corrected chi connectivity index (χ2v) is 7.51. The minimum Gasteiger partial charge on any atom is -0.460 e. The topological polar surface area (TPSA) is 108 Å². The van der Waals surface area contributed by atoms with Crippen molar-refractivity contribution < 1.29 is 23.9 Å². The summed E-state index contributed by atoms with van der Waals surface area (Å²) < 4.78 is 10.5. The fourth-order valence-electron chi connectivity index (χ4n) is 1.58. The Labute approximate surface area is 138 Å². The highest BCUT2D eigenvalue weighted by molar-refractivity contribution is 5.87. The van der Waals surface area contributed by atoms with Gasteiger partial charge < -0.3 is 20.5 Å². The summed E-state index contributed by atoms with van der Waals surface area (Å²) in [5, 5.41) is 2.51. The molecule has 7 nitrogen and oxygen atoms in total. The van der Waals surface area contributed by atoms with Gasteiger partial charge in [-0.2, -0.15) is 0 Å². The molecule has 0 fully saturated rings. The molecule has 0 aromatic rings. The van der Waals surface area contributed by atoms with Crippen LogP contribution in [0.5, 0.6) is 0 Å². The smallest absolute Gasteiger partial charge is 0.329 e. The van der Waals surface area contributed by atoms with Crippen LogP contribution in [0.2, 0.25) is 0 Å². The Bertz CT molecular complexity index is 433. The summed E-state index contributed by atoms with van der Waals surface area (Å²) in [6.07, 6.45) is 0.0721. The van der Waals surface area contributed by atoms with Crippen LogP contribution in [0.25, 0.3) is 0 Å². The minimum atomic E-state index is -0.944. The van der Waals surface area contributed by atoms with Crippen LogP contribution in [0.15, 0.2) is 0 Å². The predicted molar refractivity (Wildman–Crippen MR) is 86.5 cm³/mol. The van der Waals surface area contributed by atoms with E-state index >= 15 is 0 Å². The van der Waals surface area contributed by atoms with E-state index in [1.165, 1.54) is 6.92 Å². The first-order valence-corrected chi connectivity index (χ1v) is 7.72. The van der Waals surface area contributed by atoms with Crippen molar-refractivity contribution in [2.45, 2.75) is 84.6 Å². The van der Waals surface area contributed by atoms with Gasteiger partial charge in [0.25, 0.3) is 0 Å². The van der Waals surface area contributed by atoms with Crippen LogP contribution in [0, 0.1) is 0 Å². The summed E-state index contributed by atoms with van der Waals surface area (Å²) >= 11 is 0. The van der Waals surface area contributed by atoms with E-state index in [0.717, 1.165) is 0 Å². The number of ether oxygens (including phenoxy) is 2.